The van der Waals surface area contributed by atoms with Crippen molar-refractivity contribution >= 4 is 27.5 Å². The third-order valence-corrected chi connectivity index (χ3v) is 7.40. The summed E-state index contributed by atoms with van der Waals surface area (Å²) in [7, 11) is -0.910. The van der Waals surface area contributed by atoms with Crippen molar-refractivity contribution in [1.29, 1.82) is 0 Å². The van der Waals surface area contributed by atoms with Crippen molar-refractivity contribution in [3.8, 4) is 5.75 Å². The summed E-state index contributed by atoms with van der Waals surface area (Å²) in [6.45, 7) is 3.43. The Balaban J connectivity index is 2.06. The van der Waals surface area contributed by atoms with E-state index in [-0.39, 0.29) is 24.6 Å². The van der Waals surface area contributed by atoms with Crippen LogP contribution in [-0.4, -0.2) is 58.1 Å². The van der Waals surface area contributed by atoms with Gasteiger partial charge in [0.25, 0.3) is 0 Å². The number of hydrogen-bond donors (Lipinski definition) is 1. The van der Waals surface area contributed by atoms with Crippen LogP contribution in [-0.2, 0) is 32.6 Å². The van der Waals surface area contributed by atoms with Gasteiger partial charge in [-0.1, -0.05) is 66.2 Å². The van der Waals surface area contributed by atoms with Crippen LogP contribution in [0.2, 0.25) is 0 Å². The molecule has 0 bridgehead atoms. The van der Waals surface area contributed by atoms with Gasteiger partial charge >= 0.3 is 0 Å². The smallest absolute Gasteiger partial charge is 0.244 e. The molecule has 0 aromatic heterocycles. The van der Waals surface area contributed by atoms with Gasteiger partial charge in [0.15, 0.2) is 0 Å². The molecule has 3 rings (SSSR count). The summed E-state index contributed by atoms with van der Waals surface area (Å²) in [6, 6.07) is 21.4. The zero-order valence-electron chi connectivity index (χ0n) is 22.5. The normalized spacial score (nSPS) is 11.9. The minimum Gasteiger partial charge on any atom is -0.495 e. The molecule has 0 aliphatic carbocycles. The molecule has 0 radical (unpaired) electrons. The van der Waals surface area contributed by atoms with E-state index in [4.69, 9.17) is 4.74 Å². The highest BCUT2D eigenvalue weighted by molar-refractivity contribution is 7.92. The van der Waals surface area contributed by atoms with Gasteiger partial charge in [0.2, 0.25) is 21.8 Å². The molecule has 0 aliphatic rings. The lowest BCUT2D eigenvalue weighted by Crippen LogP contribution is -2.52. The highest BCUT2D eigenvalue weighted by Crippen LogP contribution is 2.31. The number of carbonyl (C=O) groups excluding carboxylic acids is 2. The van der Waals surface area contributed by atoms with Crippen molar-refractivity contribution in [2.75, 3.05) is 31.3 Å². The summed E-state index contributed by atoms with van der Waals surface area (Å²) in [5.74, 6) is -0.525. The maximum Gasteiger partial charge on any atom is 0.244 e. The van der Waals surface area contributed by atoms with Gasteiger partial charge in [-0.05, 0) is 42.7 Å². The minimum atomic E-state index is -3.88. The number of hydrogen-bond acceptors (Lipinski definition) is 5. The van der Waals surface area contributed by atoms with Gasteiger partial charge in [-0.15, -0.1) is 0 Å². The fourth-order valence-corrected chi connectivity index (χ4v) is 5.05. The van der Waals surface area contributed by atoms with Crippen LogP contribution in [0.1, 0.15) is 22.3 Å². The highest BCUT2D eigenvalue weighted by Gasteiger charge is 2.33. The Morgan fingerprint density at radius 2 is 1.55 bits per heavy atom. The average molecular weight is 538 g/mol. The molecule has 38 heavy (non-hydrogen) atoms. The third kappa shape index (κ3) is 7.35. The summed E-state index contributed by atoms with van der Waals surface area (Å²) in [4.78, 5) is 28.6. The second-order valence-electron chi connectivity index (χ2n) is 9.27. The fraction of sp³-hybridized carbons (Fsp3) is 0.310. The van der Waals surface area contributed by atoms with Gasteiger partial charge < -0.3 is 15.0 Å². The molecule has 0 saturated heterocycles. The number of rotatable bonds is 11. The van der Waals surface area contributed by atoms with Crippen LogP contribution >= 0.6 is 0 Å². The van der Waals surface area contributed by atoms with Crippen molar-refractivity contribution in [3.05, 3.63) is 95.1 Å². The van der Waals surface area contributed by atoms with E-state index in [1.807, 2.05) is 68.4 Å². The number of nitrogens with zero attached hydrogens (tertiary/aromatic N) is 2. The molecule has 1 atom stereocenters. The Morgan fingerprint density at radius 3 is 2.13 bits per heavy atom. The number of carbonyl (C=O) groups is 2. The lowest BCUT2D eigenvalue weighted by molar-refractivity contribution is -0.139. The van der Waals surface area contributed by atoms with Gasteiger partial charge in [-0.2, -0.15) is 0 Å². The first kappa shape index (κ1) is 28.7. The van der Waals surface area contributed by atoms with Gasteiger partial charge in [0, 0.05) is 20.0 Å². The molecule has 0 aliphatic heterocycles. The molecule has 1 N–H and O–H groups in total. The van der Waals surface area contributed by atoms with Crippen LogP contribution in [0.15, 0.2) is 72.8 Å². The molecule has 8 nitrogen and oxygen atoms in total. The maximum absolute atomic E-state index is 14.0. The lowest BCUT2D eigenvalue weighted by Gasteiger charge is -2.33. The zero-order chi connectivity index (χ0) is 27.9. The summed E-state index contributed by atoms with van der Waals surface area (Å²) in [5, 5.41) is 2.67. The predicted octanol–water partition coefficient (Wildman–Crippen LogP) is 3.46. The molecule has 3 aromatic carbocycles. The molecule has 2 amide bonds. The van der Waals surface area contributed by atoms with E-state index < -0.39 is 28.5 Å². The molecule has 0 saturated carbocycles. The highest BCUT2D eigenvalue weighted by atomic mass is 32.2. The fourth-order valence-electron chi connectivity index (χ4n) is 4.20. The Kier molecular flexibility index (Phi) is 9.52. The Hall–Kier alpha value is -3.85. The standard InChI is InChI=1S/C29H35N3O5S/c1-21-11-14-24(15-12-21)19-31(26(29(34)30-3)18-23-9-7-6-8-10-23)28(33)20-32(38(5,35)36)25-17-22(2)13-16-27(25)37-4/h6-17,26H,18-20H2,1-5H3,(H,30,34). The number of aryl methyl sites for hydroxylation is 2. The quantitative estimate of drug-likeness (QED) is 0.404. The zero-order valence-corrected chi connectivity index (χ0v) is 23.3. The van der Waals surface area contributed by atoms with Crippen LogP contribution in [0.3, 0.4) is 0 Å². The number of ether oxygens (including phenoxy) is 1. The van der Waals surface area contributed by atoms with Gasteiger partial charge in [0.05, 0.1) is 19.1 Å². The number of likely N-dealkylation sites (N-methyl/N-ethyl adjacent to an activating group) is 1. The molecule has 202 valence electrons. The number of nitrogens with one attached hydrogen (secondary N) is 1. The Labute approximate surface area is 225 Å². The predicted molar refractivity (Wildman–Crippen MR) is 150 cm³/mol. The van der Waals surface area contributed by atoms with Crippen molar-refractivity contribution in [3.63, 3.8) is 0 Å². The van der Waals surface area contributed by atoms with E-state index in [9.17, 15) is 18.0 Å². The number of methoxy groups -OCH3 is 1. The Bertz CT molecular complexity index is 1360. The van der Waals surface area contributed by atoms with Crippen LogP contribution in [0, 0.1) is 13.8 Å². The molecular weight excluding hydrogens is 502 g/mol. The van der Waals surface area contributed by atoms with E-state index in [0.29, 0.717) is 5.75 Å². The van der Waals surface area contributed by atoms with Crippen LogP contribution in [0.4, 0.5) is 5.69 Å². The van der Waals surface area contributed by atoms with E-state index in [1.165, 1.54) is 19.1 Å². The van der Waals surface area contributed by atoms with E-state index in [0.717, 1.165) is 32.8 Å². The molecular formula is C29H35N3O5S. The molecule has 3 aromatic rings. The number of sulfonamides is 1. The van der Waals surface area contributed by atoms with Crippen molar-refractivity contribution < 1.29 is 22.7 Å². The van der Waals surface area contributed by atoms with E-state index >= 15 is 0 Å². The van der Waals surface area contributed by atoms with Crippen molar-refractivity contribution in [2.45, 2.75) is 32.9 Å². The molecule has 9 heteroatoms. The first-order valence-corrected chi connectivity index (χ1v) is 14.1. The van der Waals surface area contributed by atoms with Crippen LogP contribution in [0.25, 0.3) is 0 Å². The van der Waals surface area contributed by atoms with Crippen LogP contribution < -0.4 is 14.4 Å². The SMILES string of the molecule is CNC(=O)C(Cc1ccccc1)N(Cc1ccc(C)cc1)C(=O)CN(c1cc(C)ccc1OC)S(C)(=O)=O. The topological polar surface area (TPSA) is 96.0 Å². The Morgan fingerprint density at radius 1 is 0.921 bits per heavy atom. The van der Waals surface area contributed by atoms with Crippen molar-refractivity contribution in [1.82, 2.24) is 10.2 Å². The monoisotopic (exact) mass is 537 g/mol. The van der Waals surface area contributed by atoms with E-state index in [2.05, 4.69) is 5.32 Å². The van der Waals surface area contributed by atoms with Gasteiger partial charge in [0.1, 0.15) is 18.3 Å². The second kappa shape index (κ2) is 12.6. The molecule has 0 spiro atoms. The van der Waals surface area contributed by atoms with Crippen molar-refractivity contribution in [2.24, 2.45) is 0 Å². The third-order valence-electron chi connectivity index (χ3n) is 6.27. The van der Waals surface area contributed by atoms with Gasteiger partial charge in [-0.3, -0.25) is 13.9 Å². The van der Waals surface area contributed by atoms with E-state index in [1.54, 1.807) is 18.2 Å². The number of benzene rings is 3. The largest absolute Gasteiger partial charge is 0.495 e. The number of amides is 2. The average Bonchev–Trinajstić information content (AvgIpc) is 2.89. The first-order valence-electron chi connectivity index (χ1n) is 12.3. The lowest BCUT2D eigenvalue weighted by atomic mass is 10.0. The summed E-state index contributed by atoms with van der Waals surface area (Å²) >= 11 is 0. The first-order chi connectivity index (χ1) is 18.0. The summed E-state index contributed by atoms with van der Waals surface area (Å²) in [5.41, 5.74) is 3.84. The van der Waals surface area contributed by atoms with Crippen LogP contribution in [0.5, 0.6) is 5.75 Å². The summed E-state index contributed by atoms with van der Waals surface area (Å²) in [6.07, 6.45) is 1.32. The summed E-state index contributed by atoms with van der Waals surface area (Å²) < 4.78 is 32.3. The minimum absolute atomic E-state index is 0.132. The van der Waals surface area contributed by atoms with Gasteiger partial charge in [-0.25, -0.2) is 8.42 Å². The molecule has 0 heterocycles. The molecule has 1 unspecified atom stereocenters. The molecule has 0 fully saturated rings. The number of anilines is 1. The maximum atomic E-state index is 14.0. The second-order valence-corrected chi connectivity index (χ2v) is 11.2.